The third-order valence-corrected chi connectivity index (χ3v) is 7.18. The second kappa shape index (κ2) is 11.5. The van der Waals surface area contributed by atoms with Crippen LogP contribution in [0.25, 0.3) is 0 Å². The predicted molar refractivity (Wildman–Crippen MR) is 133 cm³/mol. The summed E-state index contributed by atoms with van der Waals surface area (Å²) < 4.78 is 37.9. The van der Waals surface area contributed by atoms with Crippen LogP contribution in [0.1, 0.15) is 29.3 Å². The summed E-state index contributed by atoms with van der Waals surface area (Å²) in [6.07, 6.45) is -0.672. The fourth-order valence-corrected chi connectivity index (χ4v) is 4.56. The molecule has 0 aliphatic rings. The minimum Gasteiger partial charge on any atom is -0.495 e. The van der Waals surface area contributed by atoms with Gasteiger partial charge in [-0.25, -0.2) is 13.2 Å². The maximum Gasteiger partial charge on any atom is 0.338 e. The molecule has 0 saturated heterocycles. The van der Waals surface area contributed by atoms with Crippen molar-refractivity contribution in [3.63, 3.8) is 0 Å². The van der Waals surface area contributed by atoms with Crippen molar-refractivity contribution in [3.05, 3.63) is 90.0 Å². The normalized spacial score (nSPS) is 11.9. The molecule has 1 amide bonds. The summed E-state index contributed by atoms with van der Waals surface area (Å²) in [5.41, 5.74) is 1.45. The molecule has 3 rings (SSSR count). The van der Waals surface area contributed by atoms with Crippen LogP contribution in [0.2, 0.25) is 0 Å². The zero-order chi connectivity index (χ0) is 25.4. The van der Waals surface area contributed by atoms with Crippen molar-refractivity contribution in [2.45, 2.75) is 30.9 Å². The summed E-state index contributed by atoms with van der Waals surface area (Å²) in [5, 5.41) is 2.76. The van der Waals surface area contributed by atoms with Gasteiger partial charge in [-0.1, -0.05) is 49.4 Å². The van der Waals surface area contributed by atoms with Crippen LogP contribution in [0.15, 0.2) is 83.8 Å². The van der Waals surface area contributed by atoms with E-state index in [9.17, 15) is 18.0 Å². The lowest BCUT2D eigenvalue weighted by molar-refractivity contribution is -0.130. The number of hydrogen-bond acceptors (Lipinski definition) is 6. The molecular formula is C26H28N2O6S. The first-order chi connectivity index (χ1) is 16.8. The second-order valence-electron chi connectivity index (χ2n) is 7.67. The Labute approximate surface area is 205 Å². The highest BCUT2D eigenvalue weighted by Gasteiger charge is 2.25. The van der Waals surface area contributed by atoms with Crippen LogP contribution in [-0.2, 0) is 26.1 Å². The first-order valence-electron chi connectivity index (χ1n) is 11.0. The van der Waals surface area contributed by atoms with E-state index in [1.807, 2.05) is 30.3 Å². The number of nitrogens with one attached hydrogen (secondary N) is 1. The Morgan fingerprint density at radius 1 is 0.943 bits per heavy atom. The van der Waals surface area contributed by atoms with Gasteiger partial charge in [0.1, 0.15) is 5.75 Å². The molecule has 3 aromatic carbocycles. The predicted octanol–water partition coefficient (Wildman–Crippen LogP) is 3.77. The lowest BCUT2D eigenvalue weighted by atomic mass is 10.2. The monoisotopic (exact) mass is 496 g/mol. The molecule has 3 aromatic rings. The number of ether oxygens (including phenoxy) is 2. The number of benzene rings is 3. The zero-order valence-corrected chi connectivity index (χ0v) is 20.6. The van der Waals surface area contributed by atoms with E-state index in [1.54, 1.807) is 31.2 Å². The Kier molecular flexibility index (Phi) is 8.48. The van der Waals surface area contributed by atoms with Crippen LogP contribution < -0.4 is 14.4 Å². The molecule has 8 nitrogen and oxygen atoms in total. The Morgan fingerprint density at radius 2 is 1.57 bits per heavy atom. The summed E-state index contributed by atoms with van der Waals surface area (Å²) in [5.74, 6) is -0.703. The number of para-hydroxylation sites is 2. The zero-order valence-electron chi connectivity index (χ0n) is 19.8. The molecule has 0 saturated carbocycles. The van der Waals surface area contributed by atoms with Crippen molar-refractivity contribution >= 4 is 27.6 Å². The first-order valence-corrected chi connectivity index (χ1v) is 12.5. The van der Waals surface area contributed by atoms with E-state index < -0.39 is 28.0 Å². The molecule has 0 aliphatic heterocycles. The van der Waals surface area contributed by atoms with E-state index in [0.717, 1.165) is 9.87 Å². The van der Waals surface area contributed by atoms with Gasteiger partial charge in [0.15, 0.2) is 6.10 Å². The fourth-order valence-electron chi connectivity index (χ4n) is 3.36. The average Bonchev–Trinajstić information content (AvgIpc) is 2.90. The van der Waals surface area contributed by atoms with Gasteiger partial charge in [-0.3, -0.25) is 9.10 Å². The summed E-state index contributed by atoms with van der Waals surface area (Å²) in [6, 6.07) is 21.5. The summed E-state index contributed by atoms with van der Waals surface area (Å²) >= 11 is 0. The van der Waals surface area contributed by atoms with Crippen LogP contribution >= 0.6 is 0 Å². The molecule has 1 N–H and O–H groups in total. The maximum atomic E-state index is 13.1. The van der Waals surface area contributed by atoms with Crippen LogP contribution in [0.3, 0.4) is 0 Å². The fraction of sp³-hybridized carbons (Fsp3) is 0.231. The van der Waals surface area contributed by atoms with E-state index in [0.29, 0.717) is 24.4 Å². The molecule has 0 bridgehead atoms. The Hall–Kier alpha value is -3.85. The van der Waals surface area contributed by atoms with E-state index in [4.69, 9.17) is 9.47 Å². The van der Waals surface area contributed by atoms with Gasteiger partial charge >= 0.3 is 5.97 Å². The Morgan fingerprint density at radius 3 is 2.20 bits per heavy atom. The molecular weight excluding hydrogens is 468 g/mol. The van der Waals surface area contributed by atoms with Crippen LogP contribution in [0.4, 0.5) is 5.69 Å². The lowest BCUT2D eigenvalue weighted by Gasteiger charge is -2.21. The van der Waals surface area contributed by atoms with Gasteiger partial charge in [0.2, 0.25) is 0 Å². The van der Waals surface area contributed by atoms with E-state index in [1.165, 1.54) is 38.4 Å². The number of anilines is 1. The number of hydrogen-bond donors (Lipinski definition) is 1. The molecule has 0 spiro atoms. The molecule has 9 heteroatoms. The number of carbonyl (C=O) groups is 2. The van der Waals surface area contributed by atoms with Crippen LogP contribution in [0.5, 0.6) is 5.75 Å². The standard InChI is InChI=1S/C26H28N2O6S/c1-4-23(25(29)27-18-19-10-6-5-7-11-19)34-26(30)20-14-16-21(17-15-20)35(31,32)28(2)22-12-8-9-13-24(22)33-3/h5-17,23H,4,18H2,1-3H3,(H,27,29). The minimum absolute atomic E-state index is 0.00454. The lowest BCUT2D eigenvalue weighted by Crippen LogP contribution is -2.37. The largest absolute Gasteiger partial charge is 0.495 e. The molecule has 0 fully saturated rings. The highest BCUT2D eigenvalue weighted by Crippen LogP contribution is 2.30. The van der Waals surface area contributed by atoms with Crippen molar-refractivity contribution in [1.82, 2.24) is 5.32 Å². The molecule has 0 aliphatic carbocycles. The number of nitrogens with zero attached hydrogens (tertiary/aromatic N) is 1. The van der Waals surface area contributed by atoms with E-state index in [-0.39, 0.29) is 10.5 Å². The SMILES string of the molecule is CCC(OC(=O)c1ccc(S(=O)(=O)N(C)c2ccccc2OC)cc1)C(=O)NCc1ccccc1. The number of carbonyl (C=O) groups excluding carboxylic acids is 2. The van der Waals surface area contributed by atoms with Crippen molar-refractivity contribution in [3.8, 4) is 5.75 Å². The van der Waals surface area contributed by atoms with Gasteiger partial charge in [0, 0.05) is 13.6 Å². The van der Waals surface area contributed by atoms with Gasteiger partial charge in [0.25, 0.3) is 15.9 Å². The van der Waals surface area contributed by atoms with Crippen LogP contribution in [-0.4, -0.2) is 40.6 Å². The summed E-state index contributed by atoms with van der Waals surface area (Å²) in [7, 11) is -1.02. The highest BCUT2D eigenvalue weighted by molar-refractivity contribution is 7.92. The number of methoxy groups -OCH3 is 1. The van der Waals surface area contributed by atoms with Gasteiger partial charge in [-0.2, -0.15) is 0 Å². The molecule has 1 atom stereocenters. The number of rotatable bonds is 10. The van der Waals surface area contributed by atoms with E-state index in [2.05, 4.69) is 5.32 Å². The Bertz CT molecular complexity index is 1260. The van der Waals surface area contributed by atoms with Gasteiger partial charge < -0.3 is 14.8 Å². The van der Waals surface area contributed by atoms with Gasteiger partial charge in [-0.05, 0) is 48.4 Å². The second-order valence-corrected chi connectivity index (χ2v) is 9.64. The van der Waals surface area contributed by atoms with Crippen molar-refractivity contribution in [1.29, 1.82) is 0 Å². The number of sulfonamides is 1. The average molecular weight is 497 g/mol. The summed E-state index contributed by atoms with van der Waals surface area (Å²) in [4.78, 5) is 25.1. The van der Waals surface area contributed by atoms with E-state index >= 15 is 0 Å². The van der Waals surface area contributed by atoms with Crippen LogP contribution in [0, 0.1) is 0 Å². The third-order valence-electron chi connectivity index (χ3n) is 5.39. The first kappa shape index (κ1) is 25.8. The third kappa shape index (κ3) is 6.19. The number of amides is 1. The maximum absolute atomic E-state index is 13.1. The molecule has 0 radical (unpaired) electrons. The Balaban J connectivity index is 1.68. The minimum atomic E-state index is -3.90. The molecule has 0 aromatic heterocycles. The van der Waals surface area contributed by atoms with Crippen molar-refractivity contribution < 1.29 is 27.5 Å². The summed E-state index contributed by atoms with van der Waals surface area (Å²) in [6.45, 7) is 2.06. The topological polar surface area (TPSA) is 102 Å². The number of esters is 1. The van der Waals surface area contributed by atoms with Crippen molar-refractivity contribution in [2.75, 3.05) is 18.5 Å². The molecule has 1 unspecified atom stereocenters. The van der Waals surface area contributed by atoms with Crippen molar-refractivity contribution in [2.24, 2.45) is 0 Å². The van der Waals surface area contributed by atoms with Gasteiger partial charge in [0.05, 0.1) is 23.3 Å². The molecule has 35 heavy (non-hydrogen) atoms. The van der Waals surface area contributed by atoms with Gasteiger partial charge in [-0.15, -0.1) is 0 Å². The quantitative estimate of drug-likeness (QED) is 0.429. The smallest absolute Gasteiger partial charge is 0.338 e. The molecule has 0 heterocycles. The highest BCUT2D eigenvalue weighted by atomic mass is 32.2. The molecule has 184 valence electrons.